The van der Waals surface area contributed by atoms with Crippen LogP contribution in [0.25, 0.3) is 0 Å². The molecule has 0 bridgehead atoms. The van der Waals surface area contributed by atoms with Crippen LogP contribution in [-0.4, -0.2) is 41.3 Å². The topological polar surface area (TPSA) is 3.24 Å². The first-order chi connectivity index (χ1) is 4.16. The summed E-state index contributed by atoms with van der Waals surface area (Å²) < 4.78 is 0. The fraction of sp³-hybridized carbons (Fsp3) is 1.00. The van der Waals surface area contributed by atoms with Crippen LogP contribution >= 0.6 is 0 Å². The Labute approximate surface area is 64.5 Å². The van der Waals surface area contributed by atoms with E-state index >= 15 is 0 Å². The van der Waals surface area contributed by atoms with Gasteiger partial charge in [0.25, 0.3) is 0 Å². The van der Waals surface area contributed by atoms with Crippen LogP contribution in [0.3, 0.4) is 0 Å². The van der Waals surface area contributed by atoms with E-state index in [1.807, 2.05) is 0 Å². The van der Waals surface area contributed by atoms with Gasteiger partial charge >= 0.3 is 64.1 Å². The van der Waals surface area contributed by atoms with Crippen LogP contribution in [-0.2, 0) is 0 Å². The zero-order valence-electron chi connectivity index (χ0n) is 7.15. The molecule has 0 aromatic rings. The quantitative estimate of drug-likeness (QED) is 0.603. The third kappa shape index (κ3) is 6.48. The van der Waals surface area contributed by atoms with Gasteiger partial charge in [0.1, 0.15) is 0 Å². The van der Waals surface area contributed by atoms with Gasteiger partial charge in [0.2, 0.25) is 0 Å². The summed E-state index contributed by atoms with van der Waals surface area (Å²) >= 11 is -0.677. The predicted molar refractivity (Wildman–Crippen MR) is 45.5 cm³/mol. The summed E-state index contributed by atoms with van der Waals surface area (Å²) in [6, 6.07) is 0. The first-order valence-electron chi connectivity index (χ1n) is 3.85. The molecule has 1 nitrogen and oxygen atoms in total. The van der Waals surface area contributed by atoms with E-state index in [1.54, 1.807) is 0 Å². The van der Waals surface area contributed by atoms with Crippen LogP contribution in [0.4, 0.5) is 0 Å². The second kappa shape index (κ2) is 5.39. The summed E-state index contributed by atoms with van der Waals surface area (Å²) in [5.74, 6) is 0. The standard InChI is InChI=1S/C5H12N.2CH3.Ga/c1-4-6(3)5-2;;;/h1,4-5H2,2-3H3;2*1H3;. The van der Waals surface area contributed by atoms with Gasteiger partial charge in [-0.1, -0.05) is 0 Å². The fourth-order valence-electron chi connectivity index (χ4n) is 0.637. The van der Waals surface area contributed by atoms with Crippen molar-refractivity contribution in [2.45, 2.75) is 22.9 Å². The van der Waals surface area contributed by atoms with Crippen LogP contribution < -0.4 is 0 Å². The second-order valence-electron chi connectivity index (χ2n) is 3.08. The maximum absolute atomic E-state index is 2.45. The Morgan fingerprint density at radius 2 is 1.89 bits per heavy atom. The van der Waals surface area contributed by atoms with E-state index in [1.165, 1.54) is 18.1 Å². The summed E-state index contributed by atoms with van der Waals surface area (Å²) in [5.41, 5.74) is 4.91. The molecule has 0 fully saturated rings. The molecule has 0 atom stereocenters. The van der Waals surface area contributed by atoms with Crippen LogP contribution in [0.15, 0.2) is 0 Å². The van der Waals surface area contributed by atoms with E-state index < -0.39 is 16.2 Å². The van der Waals surface area contributed by atoms with E-state index in [0.717, 1.165) is 0 Å². The third-order valence-electron chi connectivity index (χ3n) is 1.63. The molecule has 0 unspecified atom stereocenters. The molecule has 0 aliphatic rings. The van der Waals surface area contributed by atoms with Crippen molar-refractivity contribution in [2.75, 3.05) is 20.1 Å². The molecule has 0 aromatic heterocycles. The van der Waals surface area contributed by atoms with Gasteiger partial charge in [-0.05, 0) is 0 Å². The van der Waals surface area contributed by atoms with Crippen molar-refractivity contribution in [3.8, 4) is 0 Å². The van der Waals surface area contributed by atoms with Crippen molar-refractivity contribution in [3.63, 3.8) is 0 Å². The molecule has 0 saturated carbocycles. The summed E-state index contributed by atoms with van der Waals surface area (Å²) in [7, 11) is 2.20. The number of nitrogens with zero attached hydrogens (tertiary/aromatic N) is 1. The summed E-state index contributed by atoms with van der Waals surface area (Å²) in [5, 5.41) is 0. The second-order valence-corrected chi connectivity index (χ2v) is 10.1. The van der Waals surface area contributed by atoms with Crippen LogP contribution in [0.2, 0.25) is 15.9 Å². The molecule has 9 heavy (non-hydrogen) atoms. The molecule has 0 aliphatic heterocycles. The van der Waals surface area contributed by atoms with E-state index in [-0.39, 0.29) is 0 Å². The fourth-order valence-corrected chi connectivity index (χ4v) is 2.64. The Kier molecular flexibility index (Phi) is 5.74. The normalized spacial score (nSPS) is 10.3. The Balaban J connectivity index is 3.06. The first kappa shape index (κ1) is 9.60. The molecular formula is C7H18GaN. The summed E-state index contributed by atoms with van der Waals surface area (Å²) in [6.45, 7) is 4.75. The average molecular weight is 186 g/mol. The Bertz CT molecular complexity index is 63.9. The first-order valence-corrected chi connectivity index (χ1v) is 10.4. The van der Waals surface area contributed by atoms with Gasteiger partial charge in [-0.25, -0.2) is 0 Å². The number of rotatable bonds is 4. The number of hydrogen-bond acceptors (Lipinski definition) is 1. The predicted octanol–water partition coefficient (Wildman–Crippen LogP) is 1.69. The van der Waals surface area contributed by atoms with Crippen molar-refractivity contribution in [1.82, 2.24) is 4.90 Å². The van der Waals surface area contributed by atoms with Crippen LogP contribution in [0.5, 0.6) is 0 Å². The molecule has 0 N–H and O–H groups in total. The zero-order valence-corrected chi connectivity index (χ0v) is 9.57. The van der Waals surface area contributed by atoms with Crippen LogP contribution in [0, 0.1) is 0 Å². The molecule has 0 radical (unpaired) electrons. The van der Waals surface area contributed by atoms with Gasteiger partial charge in [-0.2, -0.15) is 0 Å². The van der Waals surface area contributed by atoms with Crippen molar-refractivity contribution in [1.29, 1.82) is 0 Å². The van der Waals surface area contributed by atoms with Crippen molar-refractivity contribution >= 4 is 16.2 Å². The van der Waals surface area contributed by atoms with E-state index in [4.69, 9.17) is 0 Å². The Hall–Kier alpha value is 0.596. The van der Waals surface area contributed by atoms with Crippen molar-refractivity contribution in [2.24, 2.45) is 0 Å². The Morgan fingerprint density at radius 3 is 2.22 bits per heavy atom. The maximum atomic E-state index is 2.45. The summed E-state index contributed by atoms with van der Waals surface area (Å²) in [4.78, 5) is 3.91. The molecular weight excluding hydrogens is 168 g/mol. The monoisotopic (exact) mass is 185 g/mol. The van der Waals surface area contributed by atoms with Crippen molar-refractivity contribution < 1.29 is 0 Å². The zero-order chi connectivity index (χ0) is 7.28. The molecule has 0 saturated heterocycles. The minimum atomic E-state index is -0.677. The van der Waals surface area contributed by atoms with E-state index in [2.05, 4.69) is 29.8 Å². The molecule has 0 spiro atoms. The molecule has 0 amide bonds. The van der Waals surface area contributed by atoms with Crippen molar-refractivity contribution in [3.05, 3.63) is 0 Å². The molecule has 0 aliphatic carbocycles. The van der Waals surface area contributed by atoms with Gasteiger partial charge in [0, 0.05) is 0 Å². The number of hydrogen-bond donors (Lipinski definition) is 0. The molecule has 54 valence electrons. The molecule has 0 aromatic carbocycles. The van der Waals surface area contributed by atoms with Crippen LogP contribution in [0.1, 0.15) is 6.92 Å². The minimum absolute atomic E-state index is 0.677. The van der Waals surface area contributed by atoms with Gasteiger partial charge in [-0.15, -0.1) is 0 Å². The van der Waals surface area contributed by atoms with Gasteiger partial charge in [-0.3, -0.25) is 0 Å². The average Bonchev–Trinajstić information content (AvgIpc) is 1.83. The molecule has 0 heterocycles. The van der Waals surface area contributed by atoms with Gasteiger partial charge in [0.05, 0.1) is 0 Å². The summed E-state index contributed by atoms with van der Waals surface area (Å²) in [6.07, 6.45) is 0. The molecule has 2 heteroatoms. The molecule has 0 rings (SSSR count). The third-order valence-corrected chi connectivity index (χ3v) is 4.59. The van der Waals surface area contributed by atoms with E-state index in [9.17, 15) is 0 Å². The Morgan fingerprint density at radius 1 is 1.33 bits per heavy atom. The van der Waals surface area contributed by atoms with Gasteiger partial charge in [0.15, 0.2) is 0 Å². The van der Waals surface area contributed by atoms with E-state index in [0.29, 0.717) is 0 Å². The van der Waals surface area contributed by atoms with Gasteiger partial charge < -0.3 is 0 Å². The SMILES string of the molecule is CCN(C)C[CH2][Ga]([CH3])[CH3].